The van der Waals surface area contributed by atoms with Gasteiger partial charge in [-0.25, -0.2) is 0 Å². The van der Waals surface area contributed by atoms with E-state index in [0.29, 0.717) is 0 Å². The van der Waals surface area contributed by atoms with Crippen LogP contribution in [0, 0.1) is 17.2 Å². The minimum absolute atomic E-state index is 0.122. The summed E-state index contributed by atoms with van der Waals surface area (Å²) in [6, 6.07) is 8.60. The van der Waals surface area contributed by atoms with Crippen LogP contribution in [0.3, 0.4) is 0 Å². The van der Waals surface area contributed by atoms with Crippen LogP contribution >= 0.6 is 0 Å². The summed E-state index contributed by atoms with van der Waals surface area (Å²) < 4.78 is 10.6. The molecule has 114 valence electrons. The van der Waals surface area contributed by atoms with Gasteiger partial charge in [0, 0.05) is 24.2 Å². The Balaban J connectivity index is 2.02. The topological polar surface area (TPSA) is 54.3 Å². The van der Waals surface area contributed by atoms with Crippen molar-refractivity contribution < 1.29 is 9.47 Å². The first-order chi connectivity index (χ1) is 10.3. The van der Waals surface area contributed by atoms with Crippen LogP contribution in [0.4, 0.5) is 0 Å². The van der Waals surface area contributed by atoms with Gasteiger partial charge < -0.3 is 14.8 Å². The maximum atomic E-state index is 9.32. The van der Waals surface area contributed by atoms with Crippen LogP contribution in [0.15, 0.2) is 18.2 Å². The Morgan fingerprint density at radius 1 is 1.19 bits per heavy atom. The molecule has 1 aromatic carbocycles. The number of ether oxygens (including phenoxy) is 2. The molecule has 4 heteroatoms. The number of benzene rings is 1. The van der Waals surface area contributed by atoms with Gasteiger partial charge in [0.25, 0.3) is 0 Å². The fourth-order valence-electron chi connectivity index (χ4n) is 2.95. The number of rotatable bonds is 5. The molecular weight excluding hydrogens is 264 g/mol. The average molecular weight is 288 g/mol. The second kappa shape index (κ2) is 7.90. The molecule has 0 aromatic heterocycles. The van der Waals surface area contributed by atoms with Gasteiger partial charge in [0.2, 0.25) is 0 Å². The van der Waals surface area contributed by atoms with Crippen LogP contribution in [0.1, 0.15) is 37.7 Å². The molecule has 0 bridgehead atoms. The highest BCUT2D eigenvalue weighted by atomic mass is 16.5. The molecular formula is C17H24N2O2. The van der Waals surface area contributed by atoms with Gasteiger partial charge in [0.1, 0.15) is 11.5 Å². The van der Waals surface area contributed by atoms with E-state index in [0.717, 1.165) is 36.4 Å². The monoisotopic (exact) mass is 288 g/mol. The lowest BCUT2D eigenvalue weighted by molar-refractivity contribution is 0.374. The molecule has 2 atom stereocenters. The first-order valence-corrected chi connectivity index (χ1v) is 7.62. The Labute approximate surface area is 127 Å². The van der Waals surface area contributed by atoms with E-state index in [1.54, 1.807) is 14.2 Å². The number of methoxy groups -OCH3 is 2. The maximum Gasteiger partial charge on any atom is 0.127 e. The first-order valence-electron chi connectivity index (χ1n) is 7.62. The van der Waals surface area contributed by atoms with Crippen molar-refractivity contribution in [2.24, 2.45) is 5.92 Å². The molecule has 0 radical (unpaired) electrons. The number of nitrogens with zero attached hydrogens (tertiary/aromatic N) is 1. The van der Waals surface area contributed by atoms with E-state index in [9.17, 15) is 5.26 Å². The normalized spacial score (nSPS) is 22.1. The Hall–Kier alpha value is -1.73. The zero-order chi connectivity index (χ0) is 15.1. The zero-order valence-electron chi connectivity index (χ0n) is 12.9. The first kappa shape index (κ1) is 15.7. The van der Waals surface area contributed by atoms with E-state index in [1.165, 1.54) is 19.3 Å². The maximum absolute atomic E-state index is 9.32. The second-order valence-corrected chi connectivity index (χ2v) is 5.54. The Morgan fingerprint density at radius 2 is 2.00 bits per heavy atom. The highest BCUT2D eigenvalue weighted by molar-refractivity contribution is 5.40. The number of hydrogen-bond acceptors (Lipinski definition) is 4. The van der Waals surface area contributed by atoms with Crippen LogP contribution in [0.2, 0.25) is 0 Å². The van der Waals surface area contributed by atoms with Gasteiger partial charge in [-0.05, 0) is 18.9 Å². The van der Waals surface area contributed by atoms with E-state index in [2.05, 4.69) is 11.4 Å². The summed E-state index contributed by atoms with van der Waals surface area (Å²) >= 11 is 0. The van der Waals surface area contributed by atoms with Crippen LogP contribution in [-0.2, 0) is 6.54 Å². The van der Waals surface area contributed by atoms with Crippen molar-refractivity contribution in [2.75, 3.05) is 14.2 Å². The molecule has 1 fully saturated rings. The van der Waals surface area contributed by atoms with Crippen LogP contribution in [0.5, 0.6) is 11.5 Å². The zero-order valence-corrected chi connectivity index (χ0v) is 12.9. The van der Waals surface area contributed by atoms with Crippen molar-refractivity contribution in [2.45, 2.75) is 44.7 Å². The van der Waals surface area contributed by atoms with Crippen LogP contribution in [0.25, 0.3) is 0 Å². The van der Waals surface area contributed by atoms with Crippen LogP contribution < -0.4 is 14.8 Å². The minimum Gasteiger partial charge on any atom is -0.497 e. The third kappa shape index (κ3) is 4.12. The largest absolute Gasteiger partial charge is 0.497 e. The predicted octanol–water partition coefficient (Wildman–Crippen LogP) is 3.27. The molecule has 2 rings (SSSR count). The van der Waals surface area contributed by atoms with Crippen molar-refractivity contribution in [1.82, 2.24) is 5.32 Å². The molecule has 1 aliphatic rings. The van der Waals surface area contributed by atoms with E-state index in [-0.39, 0.29) is 12.0 Å². The standard InChI is InChI=1S/C17H24N2O2/c1-20-15-9-8-14(17(10-15)21-2)12-19-16-7-5-3-4-6-13(16)11-18/h8-10,13,16,19H,3-7,12H2,1-2H3. The van der Waals surface area contributed by atoms with Gasteiger partial charge in [-0.3, -0.25) is 0 Å². The molecule has 1 aromatic rings. The summed E-state index contributed by atoms with van der Waals surface area (Å²) in [4.78, 5) is 0. The van der Waals surface area contributed by atoms with Crippen molar-refractivity contribution in [3.8, 4) is 17.6 Å². The second-order valence-electron chi connectivity index (χ2n) is 5.54. The molecule has 0 spiro atoms. The van der Waals surface area contributed by atoms with Crippen molar-refractivity contribution in [1.29, 1.82) is 5.26 Å². The lowest BCUT2D eigenvalue weighted by atomic mass is 9.96. The third-order valence-electron chi connectivity index (χ3n) is 4.23. The van der Waals surface area contributed by atoms with Gasteiger partial charge in [0.05, 0.1) is 26.2 Å². The predicted molar refractivity (Wildman–Crippen MR) is 82.4 cm³/mol. The van der Waals surface area contributed by atoms with Crippen molar-refractivity contribution in [3.63, 3.8) is 0 Å². The molecule has 2 unspecified atom stereocenters. The van der Waals surface area contributed by atoms with Gasteiger partial charge >= 0.3 is 0 Å². The minimum atomic E-state index is 0.122. The number of nitriles is 1. The SMILES string of the molecule is COc1ccc(CNC2CCCCCC2C#N)c(OC)c1. The molecule has 1 saturated carbocycles. The molecule has 1 aliphatic carbocycles. The quantitative estimate of drug-likeness (QED) is 0.845. The summed E-state index contributed by atoms with van der Waals surface area (Å²) in [7, 11) is 3.32. The lowest BCUT2D eigenvalue weighted by Gasteiger charge is -2.21. The summed E-state index contributed by atoms with van der Waals surface area (Å²) in [6.45, 7) is 0.718. The summed E-state index contributed by atoms with van der Waals surface area (Å²) in [5.41, 5.74) is 1.10. The number of nitrogens with one attached hydrogen (secondary N) is 1. The Bertz CT molecular complexity index is 496. The Kier molecular flexibility index (Phi) is 5.89. The van der Waals surface area contributed by atoms with E-state index < -0.39 is 0 Å². The Morgan fingerprint density at radius 3 is 2.71 bits per heavy atom. The van der Waals surface area contributed by atoms with Crippen LogP contribution in [-0.4, -0.2) is 20.3 Å². The molecule has 0 saturated heterocycles. The molecule has 0 amide bonds. The highest BCUT2D eigenvalue weighted by Crippen LogP contribution is 2.26. The summed E-state index contributed by atoms with van der Waals surface area (Å²) in [6.07, 6.45) is 5.70. The van der Waals surface area contributed by atoms with E-state index in [4.69, 9.17) is 9.47 Å². The van der Waals surface area contributed by atoms with Gasteiger partial charge in [-0.2, -0.15) is 5.26 Å². The van der Waals surface area contributed by atoms with Gasteiger partial charge in [0.15, 0.2) is 0 Å². The summed E-state index contributed by atoms with van der Waals surface area (Å²) in [5.74, 6) is 1.74. The third-order valence-corrected chi connectivity index (χ3v) is 4.23. The van der Waals surface area contributed by atoms with Gasteiger partial charge in [-0.15, -0.1) is 0 Å². The lowest BCUT2D eigenvalue weighted by Crippen LogP contribution is -2.34. The fourth-order valence-corrected chi connectivity index (χ4v) is 2.95. The average Bonchev–Trinajstić information content (AvgIpc) is 2.77. The van der Waals surface area contributed by atoms with Gasteiger partial charge in [-0.1, -0.05) is 25.3 Å². The van der Waals surface area contributed by atoms with Crippen molar-refractivity contribution in [3.05, 3.63) is 23.8 Å². The highest BCUT2D eigenvalue weighted by Gasteiger charge is 2.23. The van der Waals surface area contributed by atoms with Crippen molar-refractivity contribution >= 4 is 0 Å². The molecule has 0 aliphatic heterocycles. The molecule has 21 heavy (non-hydrogen) atoms. The number of hydrogen-bond donors (Lipinski definition) is 1. The smallest absolute Gasteiger partial charge is 0.127 e. The molecule has 0 heterocycles. The molecule has 1 N–H and O–H groups in total. The molecule has 4 nitrogen and oxygen atoms in total. The van der Waals surface area contributed by atoms with E-state index >= 15 is 0 Å². The van der Waals surface area contributed by atoms with E-state index in [1.807, 2.05) is 18.2 Å². The summed E-state index contributed by atoms with van der Waals surface area (Å²) in [5, 5.41) is 12.9. The fraction of sp³-hybridized carbons (Fsp3) is 0.588.